The molecule has 2 atom stereocenters. The predicted molar refractivity (Wildman–Crippen MR) is 138 cm³/mol. The summed E-state index contributed by atoms with van der Waals surface area (Å²) in [6.45, 7) is 22.0. The van der Waals surface area contributed by atoms with Crippen molar-refractivity contribution in [3.8, 4) is 0 Å². The summed E-state index contributed by atoms with van der Waals surface area (Å²) in [5.41, 5.74) is 6.21. The molecule has 4 fully saturated rings. The average molecular weight is 958 g/mol. The molecule has 36 heavy (non-hydrogen) atoms. The van der Waals surface area contributed by atoms with E-state index in [-0.39, 0.29) is 196 Å². The zero-order chi connectivity index (χ0) is 23.0. The van der Waals surface area contributed by atoms with E-state index in [0.29, 0.717) is 6.54 Å². The molecule has 0 bridgehead atoms. The van der Waals surface area contributed by atoms with Crippen molar-refractivity contribution in [3.05, 3.63) is 32.3 Å². The van der Waals surface area contributed by atoms with Gasteiger partial charge in [-0.15, -0.1) is 45.3 Å². The second-order valence-electron chi connectivity index (χ2n) is 8.32. The van der Waals surface area contributed by atoms with E-state index < -0.39 is 0 Å². The molecule has 6 radical (unpaired) electrons. The molecule has 4 aliphatic rings. The fourth-order valence-corrected chi connectivity index (χ4v) is 2.32. The van der Waals surface area contributed by atoms with Gasteiger partial charge in [0.25, 0.3) is 0 Å². The molecule has 2 unspecified atom stereocenters. The molecule has 4 aliphatic heterocycles. The maximum atomic E-state index is 6.21. The first kappa shape index (κ1) is 61.4. The molecule has 12 heteroatoms. The minimum absolute atomic E-state index is 0. The molecule has 0 saturated carbocycles. The van der Waals surface area contributed by atoms with E-state index in [1.807, 2.05) is 6.92 Å². The Kier molecular flexibility index (Phi) is 87.0. The van der Waals surface area contributed by atoms with Crippen molar-refractivity contribution >= 4 is 0 Å². The van der Waals surface area contributed by atoms with E-state index in [9.17, 15) is 0 Å². The van der Waals surface area contributed by atoms with Crippen LogP contribution in [0.4, 0.5) is 0 Å². The van der Waals surface area contributed by atoms with Gasteiger partial charge in [-0.25, -0.2) is 0 Å². The molecule has 4 heterocycles. The third-order valence-corrected chi connectivity index (χ3v) is 5.09. The minimum Gasteiger partial charge on any atom is -0.678 e. The first-order valence-corrected chi connectivity index (χ1v) is 12.2. The number of hydrogen-bond donors (Lipinski definition) is 0. The van der Waals surface area contributed by atoms with Gasteiger partial charge in [-0.3, -0.25) is 0 Å². The van der Waals surface area contributed by atoms with Gasteiger partial charge in [0.2, 0.25) is 0 Å². The van der Waals surface area contributed by atoms with Crippen LogP contribution in [0, 0.1) is 17.8 Å². The molecule has 0 aromatic heterocycles. The molecule has 4 rings (SSSR count). The van der Waals surface area contributed by atoms with E-state index in [4.69, 9.17) is 5.73 Å². The van der Waals surface area contributed by atoms with Gasteiger partial charge in [0.15, 0.2) is 0 Å². The van der Waals surface area contributed by atoms with Crippen LogP contribution in [0.3, 0.4) is 0 Å². The Morgan fingerprint density at radius 2 is 1.08 bits per heavy atom. The Bertz CT molecular complexity index is 300. The maximum Gasteiger partial charge on any atom is 0 e. The standard InChI is InChI=1S/3C5H10N.C4H8N.C3H8N.C2H6N.6Y/c1-5-2-3-6-4-5;1-2-5-3-6-4-5;1-2-5-3-4-6-5;1-4-2-5-3-4;1-3-4-2;1-2-3;;;;;;/h3*5H,2-4H2,1H3;4H,2-3H2,1H3;3H2,1-2H3;3H,2H2,1H3;;;;;;/q6*-1;;;;;;. The summed E-state index contributed by atoms with van der Waals surface area (Å²) in [5.74, 6) is 2.73. The number of hydrogen-bond acceptors (Lipinski definition) is 0. The molecule has 1 N–H and O–H groups in total. The molecule has 0 amide bonds. The van der Waals surface area contributed by atoms with Crippen LogP contribution in [-0.4, -0.2) is 72.0 Å². The molecule has 0 spiro atoms. The molecule has 0 aromatic carbocycles. The van der Waals surface area contributed by atoms with Crippen molar-refractivity contribution in [2.45, 2.75) is 73.3 Å². The third-order valence-electron chi connectivity index (χ3n) is 5.09. The van der Waals surface area contributed by atoms with Crippen molar-refractivity contribution in [3.63, 3.8) is 0 Å². The van der Waals surface area contributed by atoms with Crippen LogP contribution >= 0.6 is 0 Å². The van der Waals surface area contributed by atoms with E-state index in [0.717, 1.165) is 76.2 Å². The zero-order valence-electron chi connectivity index (χ0n) is 24.7. The minimum atomic E-state index is 0. The fraction of sp³-hybridized carbons (Fsp3) is 1.00. The summed E-state index contributed by atoms with van der Waals surface area (Å²) in [4.78, 5) is 0. The van der Waals surface area contributed by atoms with E-state index in [2.05, 4.69) is 54.3 Å². The number of nitrogens with zero attached hydrogens (tertiary/aromatic N) is 5. The van der Waals surface area contributed by atoms with E-state index in [1.54, 1.807) is 14.0 Å². The summed E-state index contributed by atoms with van der Waals surface area (Å²) in [6.07, 6.45) is 5.24. The molecule has 4 saturated heterocycles. The van der Waals surface area contributed by atoms with Crippen molar-refractivity contribution in [1.29, 1.82) is 0 Å². The maximum absolute atomic E-state index is 6.21. The normalized spacial score (nSPS) is 20.0. The van der Waals surface area contributed by atoms with Crippen molar-refractivity contribution < 1.29 is 196 Å². The second kappa shape index (κ2) is 51.0. The Hall–Kier alpha value is 6.38. The van der Waals surface area contributed by atoms with Gasteiger partial charge in [0, 0.05) is 196 Å². The zero-order valence-corrected chi connectivity index (χ0v) is 41.7. The van der Waals surface area contributed by atoms with Crippen LogP contribution in [0.15, 0.2) is 0 Å². The van der Waals surface area contributed by atoms with Crippen LogP contribution in [0.25, 0.3) is 32.3 Å². The van der Waals surface area contributed by atoms with E-state index >= 15 is 0 Å². The van der Waals surface area contributed by atoms with Crippen molar-refractivity contribution in [2.24, 2.45) is 17.8 Å². The molecular formula is C24H52N6Y6-6. The quantitative estimate of drug-likeness (QED) is 0.282. The van der Waals surface area contributed by atoms with Crippen LogP contribution < -0.4 is 0 Å². The van der Waals surface area contributed by atoms with Crippen molar-refractivity contribution in [1.82, 2.24) is 0 Å². The largest absolute Gasteiger partial charge is 0.678 e. The van der Waals surface area contributed by atoms with Crippen LogP contribution in [0.1, 0.15) is 67.2 Å². The Morgan fingerprint density at radius 3 is 1.11 bits per heavy atom. The predicted octanol–water partition coefficient (Wildman–Crippen LogP) is 7.41. The van der Waals surface area contributed by atoms with Gasteiger partial charge in [0.1, 0.15) is 0 Å². The first-order valence-electron chi connectivity index (χ1n) is 12.2. The molecule has 0 aromatic rings. The smallest absolute Gasteiger partial charge is 0 e. The topological polar surface area (TPSA) is 94.3 Å². The van der Waals surface area contributed by atoms with Gasteiger partial charge < -0.3 is 32.3 Å². The summed E-state index contributed by atoms with van der Waals surface area (Å²) < 4.78 is 0. The summed E-state index contributed by atoms with van der Waals surface area (Å²) in [5, 5.41) is 20.2. The molecular weight excluding hydrogens is 906 g/mol. The molecule has 202 valence electrons. The summed E-state index contributed by atoms with van der Waals surface area (Å²) in [6, 6.07) is 0.741. The van der Waals surface area contributed by atoms with Crippen LogP contribution in [0.2, 0.25) is 0 Å². The van der Waals surface area contributed by atoms with Gasteiger partial charge in [0.05, 0.1) is 0 Å². The Balaban J connectivity index is -0.0000000427. The summed E-state index contributed by atoms with van der Waals surface area (Å²) in [7, 11) is 1.81. The Morgan fingerprint density at radius 1 is 0.667 bits per heavy atom. The first-order chi connectivity index (χ1) is 14.5. The van der Waals surface area contributed by atoms with Gasteiger partial charge in [-0.1, -0.05) is 85.0 Å². The van der Waals surface area contributed by atoms with Crippen LogP contribution in [-0.2, 0) is 196 Å². The SMILES string of the molecule is CC1CC[N-]C1.CC1C[N-]C1.CCC1CC[N-]1.CCC1C[N-]C1.CC[N-]C.CC[NH-].[Y].[Y].[Y].[Y].[Y].[Y]. The molecule has 6 nitrogen and oxygen atoms in total. The Labute approximate surface area is 378 Å². The van der Waals surface area contributed by atoms with E-state index in [1.165, 1.54) is 25.7 Å². The van der Waals surface area contributed by atoms with Crippen LogP contribution in [0.5, 0.6) is 0 Å². The monoisotopic (exact) mass is 958 g/mol. The fourth-order valence-electron chi connectivity index (χ4n) is 2.32. The second-order valence-corrected chi connectivity index (χ2v) is 8.32. The number of nitrogens with one attached hydrogen (secondary N) is 1. The summed E-state index contributed by atoms with van der Waals surface area (Å²) >= 11 is 0. The number of rotatable bonds is 3. The third kappa shape index (κ3) is 47.3. The van der Waals surface area contributed by atoms with Crippen molar-refractivity contribution in [2.75, 3.05) is 66.0 Å². The average Bonchev–Trinajstić information content (AvgIpc) is 3.12. The van der Waals surface area contributed by atoms with Gasteiger partial charge >= 0.3 is 0 Å². The molecule has 0 aliphatic carbocycles. The van der Waals surface area contributed by atoms with Gasteiger partial charge in [-0.2, -0.15) is 26.7 Å². The van der Waals surface area contributed by atoms with Gasteiger partial charge in [-0.05, 0) is 0 Å².